The molecule has 0 saturated carbocycles. The van der Waals surface area contributed by atoms with Gasteiger partial charge in [0.25, 0.3) is 0 Å². The Kier molecular flexibility index (Phi) is 23.9. The van der Waals surface area contributed by atoms with Crippen LogP contribution < -0.4 is 31.9 Å². The molecule has 0 rings (SSSR count). The highest BCUT2D eigenvalue weighted by Gasteiger charge is 2.37. The number of carboxylic acids is 4. The third kappa shape index (κ3) is 22.3. The second-order valence-electron chi connectivity index (χ2n) is 12.9. The van der Waals surface area contributed by atoms with E-state index in [1.165, 1.54) is 18.7 Å². The van der Waals surface area contributed by atoms with Crippen LogP contribution in [-0.4, -0.2) is 140 Å². The van der Waals surface area contributed by atoms with Crippen LogP contribution in [-0.2, 0) is 52.7 Å². The molecule has 21 nitrogen and oxygen atoms in total. The minimum absolute atomic E-state index is 0.135. The van der Waals surface area contributed by atoms with Gasteiger partial charge in [-0.05, 0) is 37.2 Å². The minimum atomic E-state index is -4.88. The SMILES string of the molecule is CC[C@H](C)[C@H](NC(=O)[C@H](CCSC)NC(=O)[C@H](CCC(=O)O)NC(=O)[C@H](CC(=O)O)NC(=O)CCC(=O)O)C(=O)N[C@@H](CCC(=O)O)C(=O)N[C@H](C=O)CC(F)(F)F. The van der Waals surface area contributed by atoms with E-state index in [0.29, 0.717) is 0 Å². The van der Waals surface area contributed by atoms with Crippen molar-refractivity contribution in [2.75, 3.05) is 12.0 Å². The number of hydrogen-bond acceptors (Lipinski definition) is 12. The average Bonchev–Trinajstić information content (AvgIpc) is 3.12. The molecule has 0 spiro atoms. The lowest BCUT2D eigenvalue weighted by Gasteiger charge is -2.29. The molecule has 7 atom stereocenters. The first kappa shape index (κ1) is 52.5. The number of alkyl halides is 3. The van der Waals surface area contributed by atoms with Crippen molar-refractivity contribution in [3.63, 3.8) is 0 Å². The van der Waals surface area contributed by atoms with E-state index in [0.717, 1.165) is 0 Å². The van der Waals surface area contributed by atoms with E-state index in [1.54, 1.807) is 18.5 Å². The van der Waals surface area contributed by atoms with Crippen molar-refractivity contribution in [3.8, 4) is 0 Å². The molecule has 58 heavy (non-hydrogen) atoms. The number of nitrogens with one attached hydrogen (secondary N) is 6. The Hall–Kier alpha value is -5.49. The molecule has 0 aromatic heterocycles. The Balaban J connectivity index is 6.42. The number of carbonyl (C=O) groups is 11. The number of halogens is 3. The van der Waals surface area contributed by atoms with Crippen LogP contribution in [0.1, 0.15) is 78.1 Å². The monoisotopic (exact) mass is 858 g/mol. The smallest absolute Gasteiger partial charge is 0.391 e. The van der Waals surface area contributed by atoms with Crippen molar-refractivity contribution in [2.45, 2.75) is 120 Å². The van der Waals surface area contributed by atoms with E-state index >= 15 is 0 Å². The minimum Gasteiger partial charge on any atom is -0.481 e. The number of carbonyl (C=O) groups excluding carboxylic acids is 7. The highest BCUT2D eigenvalue weighted by molar-refractivity contribution is 7.98. The van der Waals surface area contributed by atoms with Gasteiger partial charge >= 0.3 is 30.1 Å². The summed E-state index contributed by atoms with van der Waals surface area (Å²) in [5.74, 6) is -13.2. The fourth-order valence-electron chi connectivity index (χ4n) is 4.88. The molecule has 0 radical (unpaired) electrons. The Morgan fingerprint density at radius 1 is 0.603 bits per heavy atom. The molecule has 0 aliphatic rings. The maximum absolute atomic E-state index is 13.7. The first-order valence-electron chi connectivity index (χ1n) is 17.6. The normalized spacial score (nSPS) is 14.7. The van der Waals surface area contributed by atoms with Gasteiger partial charge in [-0.3, -0.25) is 47.9 Å². The van der Waals surface area contributed by atoms with E-state index in [4.69, 9.17) is 10.2 Å². The van der Waals surface area contributed by atoms with Gasteiger partial charge in [0.1, 0.15) is 36.5 Å². The van der Waals surface area contributed by atoms with E-state index < -0.39 is 159 Å². The molecule has 328 valence electrons. The second-order valence-corrected chi connectivity index (χ2v) is 13.9. The maximum Gasteiger partial charge on any atom is 0.391 e. The molecule has 10 N–H and O–H groups in total. The van der Waals surface area contributed by atoms with Crippen LogP contribution >= 0.6 is 11.8 Å². The number of thioether (sulfide) groups is 1. The zero-order valence-corrected chi connectivity index (χ0v) is 32.5. The number of aliphatic carboxylic acids is 4. The zero-order chi connectivity index (χ0) is 44.7. The van der Waals surface area contributed by atoms with Crippen LogP contribution in [0.3, 0.4) is 0 Å². The van der Waals surface area contributed by atoms with Crippen molar-refractivity contribution in [2.24, 2.45) is 5.92 Å². The van der Waals surface area contributed by atoms with Crippen molar-refractivity contribution in [3.05, 3.63) is 0 Å². The number of rotatable bonds is 29. The lowest BCUT2D eigenvalue weighted by Crippen LogP contribution is -2.60. The predicted octanol–water partition coefficient (Wildman–Crippen LogP) is -1.09. The van der Waals surface area contributed by atoms with Gasteiger partial charge in [0.05, 0.1) is 25.3 Å². The molecule has 0 fully saturated rings. The van der Waals surface area contributed by atoms with E-state index in [9.17, 15) is 76.1 Å². The van der Waals surface area contributed by atoms with Gasteiger partial charge in [-0.15, -0.1) is 0 Å². The summed E-state index contributed by atoms with van der Waals surface area (Å²) >= 11 is 1.22. The number of aldehydes is 1. The van der Waals surface area contributed by atoms with Gasteiger partial charge < -0.3 is 57.1 Å². The van der Waals surface area contributed by atoms with Gasteiger partial charge in [0.15, 0.2) is 0 Å². The summed E-state index contributed by atoms with van der Waals surface area (Å²) in [6, 6.07) is -10.5. The topological polar surface area (TPSA) is 341 Å². The molecule has 0 aromatic carbocycles. The van der Waals surface area contributed by atoms with Crippen molar-refractivity contribution >= 4 is 77.4 Å². The summed E-state index contributed by atoms with van der Waals surface area (Å²) in [6.45, 7) is 3.09. The average molecular weight is 859 g/mol. The van der Waals surface area contributed by atoms with E-state index in [-0.39, 0.29) is 24.9 Å². The predicted molar refractivity (Wildman–Crippen MR) is 194 cm³/mol. The van der Waals surface area contributed by atoms with Gasteiger partial charge in [0, 0.05) is 19.3 Å². The quantitative estimate of drug-likeness (QED) is 0.0400. The zero-order valence-electron chi connectivity index (χ0n) is 31.7. The molecule has 0 aromatic rings. The number of hydrogen-bond donors (Lipinski definition) is 10. The van der Waals surface area contributed by atoms with Gasteiger partial charge in [-0.2, -0.15) is 24.9 Å². The van der Waals surface area contributed by atoms with E-state index in [1.807, 2.05) is 5.32 Å². The summed E-state index contributed by atoms with van der Waals surface area (Å²) in [5, 5.41) is 49.4. The van der Waals surface area contributed by atoms with Crippen molar-refractivity contribution < 1.29 is 86.3 Å². The first-order valence-corrected chi connectivity index (χ1v) is 19.0. The van der Waals surface area contributed by atoms with E-state index in [2.05, 4.69) is 21.3 Å². The van der Waals surface area contributed by atoms with Gasteiger partial charge in [0.2, 0.25) is 35.4 Å². The molecular formula is C33H49F3N6O15S. The molecule has 0 saturated heterocycles. The fourth-order valence-corrected chi connectivity index (χ4v) is 5.35. The lowest BCUT2D eigenvalue weighted by molar-refractivity contribution is -0.147. The highest BCUT2D eigenvalue weighted by atomic mass is 32.2. The molecule has 0 unspecified atom stereocenters. The third-order valence-corrected chi connectivity index (χ3v) is 8.78. The van der Waals surface area contributed by atoms with Crippen LogP contribution in [0.4, 0.5) is 13.2 Å². The van der Waals surface area contributed by atoms with Crippen LogP contribution in [0.2, 0.25) is 0 Å². The lowest BCUT2D eigenvalue weighted by atomic mass is 9.96. The van der Waals surface area contributed by atoms with Crippen molar-refractivity contribution in [1.82, 2.24) is 31.9 Å². The summed E-state index contributed by atoms with van der Waals surface area (Å²) in [7, 11) is 0. The van der Waals surface area contributed by atoms with Gasteiger partial charge in [-0.1, -0.05) is 20.3 Å². The maximum atomic E-state index is 13.7. The third-order valence-electron chi connectivity index (χ3n) is 8.14. The number of amides is 6. The standard InChI is InChI=1S/C33H49F3N6O15S/c1-4-16(2)27(32(57)41-18(5-8-23(45)46)28(53)37-17(15-43)14-33(34,35)36)42-30(55)20(11-12-58-3)40-29(54)19(6-9-24(47)48)39-31(56)21(13-26(51)52)38-22(44)7-10-25(49)50/h15-21,27H,4-14H2,1-3H3,(H,37,53)(H,38,44)(H,39,56)(H,40,54)(H,41,57)(H,42,55)(H,45,46)(H,47,48)(H,49,50)(H,51,52)/t16-,17-,18-,19-,20-,21-,27-/m0/s1. The van der Waals surface area contributed by atoms with Crippen LogP contribution in [0.25, 0.3) is 0 Å². The summed E-state index contributed by atoms with van der Waals surface area (Å²) in [4.78, 5) is 135. The molecule has 0 aliphatic carbocycles. The van der Waals surface area contributed by atoms with Gasteiger partial charge in [-0.25, -0.2) is 0 Å². The highest BCUT2D eigenvalue weighted by Crippen LogP contribution is 2.21. The largest absolute Gasteiger partial charge is 0.481 e. The fraction of sp³-hybridized carbons (Fsp3) is 0.667. The van der Waals surface area contributed by atoms with Crippen molar-refractivity contribution in [1.29, 1.82) is 0 Å². The molecular weight excluding hydrogens is 809 g/mol. The Morgan fingerprint density at radius 2 is 1.05 bits per heavy atom. The molecule has 0 heterocycles. The Bertz CT molecular complexity index is 1500. The molecule has 0 aliphatic heterocycles. The number of carboxylic acid groups (broad SMARTS) is 4. The molecule has 25 heteroatoms. The molecule has 6 amide bonds. The summed E-state index contributed by atoms with van der Waals surface area (Å²) in [6.07, 6.45) is -10.2. The second kappa shape index (κ2) is 26.4. The summed E-state index contributed by atoms with van der Waals surface area (Å²) in [5.41, 5.74) is 0. The molecule has 0 bridgehead atoms. The van der Waals surface area contributed by atoms with Crippen LogP contribution in [0.5, 0.6) is 0 Å². The Morgan fingerprint density at radius 3 is 1.48 bits per heavy atom. The first-order chi connectivity index (χ1) is 26.9. The Labute approximate surface area is 333 Å². The summed E-state index contributed by atoms with van der Waals surface area (Å²) < 4.78 is 38.7. The van der Waals surface area contributed by atoms with Crippen LogP contribution in [0.15, 0.2) is 0 Å². The van der Waals surface area contributed by atoms with Crippen LogP contribution in [0, 0.1) is 5.92 Å².